The molecule has 0 bridgehead atoms. The van der Waals surface area contributed by atoms with Gasteiger partial charge in [0.05, 0.1) is 19.8 Å². The van der Waals surface area contributed by atoms with Crippen LogP contribution in [0.5, 0.6) is 11.5 Å². The van der Waals surface area contributed by atoms with E-state index < -0.39 is 0 Å². The van der Waals surface area contributed by atoms with Crippen LogP contribution in [0.2, 0.25) is 0 Å². The van der Waals surface area contributed by atoms with Gasteiger partial charge in [0.15, 0.2) is 11.5 Å². The van der Waals surface area contributed by atoms with E-state index in [-0.39, 0.29) is 5.97 Å². The highest BCUT2D eigenvalue weighted by Gasteiger charge is 2.23. The molecule has 0 saturated heterocycles. The lowest BCUT2D eigenvalue weighted by atomic mass is 10.0. The van der Waals surface area contributed by atoms with Crippen LogP contribution < -0.4 is 9.47 Å². The Morgan fingerprint density at radius 2 is 1.80 bits per heavy atom. The Labute approximate surface area is 147 Å². The first-order valence-corrected chi connectivity index (χ1v) is 7.97. The van der Waals surface area contributed by atoms with Crippen molar-refractivity contribution in [2.24, 2.45) is 0 Å². The lowest BCUT2D eigenvalue weighted by Crippen LogP contribution is -1.98. The third-order valence-corrected chi connectivity index (χ3v) is 4.26. The number of esters is 1. The van der Waals surface area contributed by atoms with Crippen molar-refractivity contribution in [2.45, 2.75) is 13.8 Å². The fourth-order valence-corrected chi connectivity index (χ4v) is 2.72. The summed E-state index contributed by atoms with van der Waals surface area (Å²) in [5, 5.41) is 0. The number of methoxy groups -OCH3 is 2. The van der Waals surface area contributed by atoms with Gasteiger partial charge >= 0.3 is 5.97 Å². The molecule has 0 unspecified atom stereocenters. The average Bonchev–Trinajstić information content (AvgIpc) is 2.97. The van der Waals surface area contributed by atoms with Crippen LogP contribution in [-0.4, -0.2) is 20.2 Å². The number of rotatable bonds is 4. The average molecular weight is 336 g/mol. The van der Waals surface area contributed by atoms with Gasteiger partial charge in [0.25, 0.3) is 0 Å². The van der Waals surface area contributed by atoms with Gasteiger partial charge in [-0.25, -0.2) is 4.79 Å². The van der Waals surface area contributed by atoms with Gasteiger partial charge in [0, 0.05) is 11.1 Å². The first-order chi connectivity index (χ1) is 12.0. The summed E-state index contributed by atoms with van der Waals surface area (Å²) in [7, 11) is 3.15. The SMILES string of the molecule is COc1cccc(/C=C2\C=C(c3ccc(C)c(C)c3)OC2=O)c1OC. The Hall–Kier alpha value is -3.01. The summed E-state index contributed by atoms with van der Waals surface area (Å²) in [6.07, 6.45) is 3.50. The van der Waals surface area contributed by atoms with Crippen molar-refractivity contribution in [1.29, 1.82) is 0 Å². The highest BCUT2D eigenvalue weighted by Crippen LogP contribution is 2.34. The minimum absolute atomic E-state index is 0.377. The summed E-state index contributed by atoms with van der Waals surface area (Å²) in [4.78, 5) is 12.3. The van der Waals surface area contributed by atoms with Crippen molar-refractivity contribution >= 4 is 17.8 Å². The van der Waals surface area contributed by atoms with E-state index in [1.165, 1.54) is 5.56 Å². The molecule has 0 N–H and O–H groups in total. The van der Waals surface area contributed by atoms with Crippen molar-refractivity contribution in [1.82, 2.24) is 0 Å². The highest BCUT2D eigenvalue weighted by molar-refractivity contribution is 6.05. The zero-order valence-corrected chi connectivity index (χ0v) is 14.8. The van der Waals surface area contributed by atoms with E-state index >= 15 is 0 Å². The van der Waals surface area contributed by atoms with Crippen LogP contribution in [0.15, 0.2) is 48.0 Å². The van der Waals surface area contributed by atoms with Crippen LogP contribution in [0, 0.1) is 13.8 Å². The van der Waals surface area contributed by atoms with Gasteiger partial charge in [-0.2, -0.15) is 0 Å². The zero-order chi connectivity index (χ0) is 18.0. The lowest BCUT2D eigenvalue weighted by molar-refractivity contribution is -0.130. The Morgan fingerprint density at radius 3 is 2.48 bits per heavy atom. The number of hydrogen-bond donors (Lipinski definition) is 0. The Balaban J connectivity index is 2.00. The van der Waals surface area contributed by atoms with Crippen LogP contribution in [0.1, 0.15) is 22.3 Å². The van der Waals surface area contributed by atoms with Crippen LogP contribution in [0.3, 0.4) is 0 Å². The molecule has 0 aromatic heterocycles. The van der Waals surface area contributed by atoms with Crippen molar-refractivity contribution in [3.8, 4) is 11.5 Å². The summed E-state index contributed by atoms with van der Waals surface area (Å²) < 4.78 is 16.1. The van der Waals surface area contributed by atoms with E-state index in [9.17, 15) is 4.79 Å². The second-order valence-electron chi connectivity index (χ2n) is 5.88. The van der Waals surface area contributed by atoms with Crippen molar-refractivity contribution < 1.29 is 19.0 Å². The lowest BCUT2D eigenvalue weighted by Gasteiger charge is -2.10. The maximum atomic E-state index is 12.3. The van der Waals surface area contributed by atoms with Gasteiger partial charge in [-0.05, 0) is 49.3 Å². The second-order valence-corrected chi connectivity index (χ2v) is 5.88. The van der Waals surface area contributed by atoms with Gasteiger partial charge < -0.3 is 14.2 Å². The first-order valence-electron chi connectivity index (χ1n) is 7.97. The van der Waals surface area contributed by atoms with E-state index in [2.05, 4.69) is 6.92 Å². The molecular weight excluding hydrogens is 316 g/mol. The molecule has 0 spiro atoms. The molecule has 0 atom stereocenters. The van der Waals surface area contributed by atoms with Crippen molar-refractivity contribution in [2.75, 3.05) is 14.2 Å². The van der Waals surface area contributed by atoms with Gasteiger partial charge in [0.2, 0.25) is 0 Å². The topological polar surface area (TPSA) is 44.8 Å². The minimum Gasteiger partial charge on any atom is -0.493 e. The monoisotopic (exact) mass is 336 g/mol. The maximum absolute atomic E-state index is 12.3. The molecule has 4 nitrogen and oxygen atoms in total. The van der Waals surface area contributed by atoms with Gasteiger partial charge in [0.1, 0.15) is 5.76 Å². The highest BCUT2D eigenvalue weighted by atomic mass is 16.5. The third-order valence-electron chi connectivity index (χ3n) is 4.26. The maximum Gasteiger partial charge on any atom is 0.343 e. The predicted molar refractivity (Wildman–Crippen MR) is 97.5 cm³/mol. The predicted octanol–water partition coefficient (Wildman–Crippen LogP) is 4.30. The number of cyclic esters (lactones) is 1. The van der Waals surface area contributed by atoms with Gasteiger partial charge in [-0.1, -0.05) is 24.3 Å². The van der Waals surface area contributed by atoms with Crippen LogP contribution >= 0.6 is 0 Å². The Morgan fingerprint density at radius 1 is 1.00 bits per heavy atom. The number of ether oxygens (including phenoxy) is 3. The van der Waals surface area contributed by atoms with Crippen molar-refractivity contribution in [3.05, 3.63) is 70.3 Å². The van der Waals surface area contributed by atoms with E-state index in [1.807, 2.05) is 43.3 Å². The van der Waals surface area contributed by atoms with Crippen LogP contribution in [0.25, 0.3) is 11.8 Å². The number of para-hydroxylation sites is 1. The summed E-state index contributed by atoms with van der Waals surface area (Å²) in [5.41, 5.74) is 4.47. The quantitative estimate of drug-likeness (QED) is 0.617. The number of aryl methyl sites for hydroxylation is 2. The molecule has 4 heteroatoms. The number of carbonyl (C=O) groups is 1. The van der Waals surface area contributed by atoms with Gasteiger partial charge in [-0.3, -0.25) is 0 Å². The molecule has 0 aliphatic carbocycles. The molecule has 128 valence electrons. The van der Waals surface area contributed by atoms with Gasteiger partial charge in [-0.15, -0.1) is 0 Å². The third kappa shape index (κ3) is 3.29. The van der Waals surface area contributed by atoms with E-state index in [0.29, 0.717) is 22.8 Å². The molecule has 3 rings (SSSR count). The molecule has 0 fully saturated rings. The van der Waals surface area contributed by atoms with Crippen LogP contribution in [0.4, 0.5) is 0 Å². The first kappa shape index (κ1) is 16.8. The summed E-state index contributed by atoms with van der Waals surface area (Å²) in [6, 6.07) is 11.5. The summed E-state index contributed by atoms with van der Waals surface area (Å²) in [6.45, 7) is 4.09. The summed E-state index contributed by atoms with van der Waals surface area (Å²) in [5.74, 6) is 1.37. The van der Waals surface area contributed by atoms with E-state index in [4.69, 9.17) is 14.2 Å². The smallest absolute Gasteiger partial charge is 0.343 e. The summed E-state index contributed by atoms with van der Waals surface area (Å²) >= 11 is 0. The normalized spacial score (nSPS) is 15.1. The number of benzene rings is 2. The fraction of sp³-hybridized carbons (Fsp3) is 0.190. The molecule has 2 aromatic rings. The second kappa shape index (κ2) is 6.85. The van der Waals surface area contributed by atoms with E-state index in [0.717, 1.165) is 16.7 Å². The molecule has 1 aliphatic heterocycles. The Bertz CT molecular complexity index is 891. The standard InChI is InChI=1S/C21H20O4/c1-13-8-9-15(10-14(13)2)19-12-17(21(22)25-19)11-16-6-5-7-18(23-3)20(16)24-4/h5-12H,1-4H3/b17-11+. The Kier molecular flexibility index (Phi) is 4.61. The largest absolute Gasteiger partial charge is 0.493 e. The molecule has 1 aliphatic rings. The molecule has 0 radical (unpaired) electrons. The number of hydrogen-bond acceptors (Lipinski definition) is 4. The molecular formula is C21H20O4. The van der Waals surface area contributed by atoms with E-state index in [1.54, 1.807) is 26.4 Å². The zero-order valence-electron chi connectivity index (χ0n) is 14.8. The number of carbonyl (C=O) groups excluding carboxylic acids is 1. The molecule has 0 saturated carbocycles. The van der Waals surface area contributed by atoms with Crippen molar-refractivity contribution in [3.63, 3.8) is 0 Å². The fourth-order valence-electron chi connectivity index (χ4n) is 2.72. The van der Waals surface area contributed by atoms with Crippen LogP contribution in [-0.2, 0) is 9.53 Å². The molecule has 2 aromatic carbocycles. The molecule has 25 heavy (non-hydrogen) atoms. The molecule has 0 amide bonds. The minimum atomic E-state index is -0.377. The molecule has 1 heterocycles.